The fraction of sp³-hybridized carbons (Fsp3) is 0.111. The van der Waals surface area contributed by atoms with Gasteiger partial charge in [0.05, 0.1) is 12.8 Å². The van der Waals surface area contributed by atoms with E-state index in [9.17, 15) is 0 Å². The van der Waals surface area contributed by atoms with Crippen molar-refractivity contribution in [1.29, 1.82) is 0 Å². The fourth-order valence-electron chi connectivity index (χ4n) is 2.49. The van der Waals surface area contributed by atoms with E-state index in [1.807, 2.05) is 54.7 Å². The van der Waals surface area contributed by atoms with E-state index in [-0.39, 0.29) is 0 Å². The third-order valence-electron chi connectivity index (χ3n) is 3.71. The van der Waals surface area contributed by atoms with Crippen LogP contribution >= 0.6 is 11.8 Å². The van der Waals surface area contributed by atoms with Crippen molar-refractivity contribution < 1.29 is 4.74 Å². The topological polar surface area (TPSA) is 65.2 Å². The quantitative estimate of drug-likeness (QED) is 0.514. The molecule has 0 N–H and O–H groups in total. The lowest BCUT2D eigenvalue weighted by molar-refractivity contribution is 0.416. The Balaban J connectivity index is 1.68. The van der Waals surface area contributed by atoms with E-state index in [2.05, 4.69) is 15.2 Å². The maximum Gasteiger partial charge on any atom is 0.212 e. The normalized spacial score (nSPS) is 10.9. The average molecular weight is 349 g/mol. The lowest BCUT2D eigenvalue weighted by Crippen LogP contribution is -1.98. The van der Waals surface area contributed by atoms with E-state index in [0.717, 1.165) is 33.5 Å². The molecule has 1 aromatic carbocycles. The molecule has 0 aliphatic carbocycles. The molecule has 0 radical (unpaired) electrons. The largest absolute Gasteiger partial charge is 0.496 e. The number of hydrogen-bond acceptors (Lipinski definition) is 6. The van der Waals surface area contributed by atoms with Gasteiger partial charge in [-0.05, 0) is 35.9 Å². The number of methoxy groups -OCH3 is 1. The molecule has 0 atom stereocenters. The van der Waals surface area contributed by atoms with Crippen molar-refractivity contribution >= 4 is 17.4 Å². The van der Waals surface area contributed by atoms with Crippen molar-refractivity contribution in [3.8, 4) is 17.0 Å². The highest BCUT2D eigenvalue weighted by atomic mass is 32.2. The van der Waals surface area contributed by atoms with Gasteiger partial charge in [0.25, 0.3) is 0 Å². The SMILES string of the molecule is COc1ccccc1-c1ccc2nnc(SCc3cccnc3)n2n1. The summed E-state index contributed by atoms with van der Waals surface area (Å²) in [6.45, 7) is 0. The molecule has 0 aliphatic heterocycles. The van der Waals surface area contributed by atoms with Gasteiger partial charge >= 0.3 is 0 Å². The second-order valence-electron chi connectivity index (χ2n) is 5.32. The van der Waals surface area contributed by atoms with Crippen LogP contribution in [0.15, 0.2) is 66.1 Å². The first-order valence-corrected chi connectivity index (χ1v) is 8.71. The van der Waals surface area contributed by atoms with Crippen molar-refractivity contribution in [3.63, 3.8) is 0 Å². The Morgan fingerprint density at radius 1 is 1.04 bits per heavy atom. The molecule has 3 heterocycles. The molecule has 0 aliphatic rings. The molecular formula is C18H15N5OS. The maximum atomic E-state index is 5.44. The zero-order valence-corrected chi connectivity index (χ0v) is 14.3. The Morgan fingerprint density at radius 2 is 1.96 bits per heavy atom. The van der Waals surface area contributed by atoms with Gasteiger partial charge in [0.2, 0.25) is 5.16 Å². The van der Waals surface area contributed by atoms with E-state index in [1.54, 1.807) is 29.6 Å². The number of hydrogen-bond donors (Lipinski definition) is 0. The number of pyridine rings is 1. The van der Waals surface area contributed by atoms with Gasteiger partial charge in [-0.2, -0.15) is 9.61 Å². The van der Waals surface area contributed by atoms with Crippen molar-refractivity contribution in [2.75, 3.05) is 7.11 Å². The number of thioether (sulfide) groups is 1. The number of benzene rings is 1. The summed E-state index contributed by atoms with van der Waals surface area (Å²) < 4.78 is 7.20. The van der Waals surface area contributed by atoms with Crippen LogP contribution in [0, 0.1) is 0 Å². The summed E-state index contributed by atoms with van der Waals surface area (Å²) in [4.78, 5) is 4.13. The molecule has 0 saturated heterocycles. The molecule has 0 amide bonds. The lowest BCUT2D eigenvalue weighted by Gasteiger charge is -2.08. The number of ether oxygens (including phenoxy) is 1. The first-order chi connectivity index (χ1) is 12.3. The molecule has 0 spiro atoms. The number of para-hydroxylation sites is 1. The third-order valence-corrected chi connectivity index (χ3v) is 4.70. The average Bonchev–Trinajstić information content (AvgIpc) is 3.09. The van der Waals surface area contributed by atoms with E-state index in [0.29, 0.717) is 5.65 Å². The van der Waals surface area contributed by atoms with Gasteiger partial charge in [-0.25, -0.2) is 0 Å². The molecule has 25 heavy (non-hydrogen) atoms. The van der Waals surface area contributed by atoms with Crippen LogP contribution in [0.2, 0.25) is 0 Å². The third kappa shape index (κ3) is 3.18. The Labute approximate surface area is 148 Å². The van der Waals surface area contributed by atoms with Crippen LogP contribution in [0.5, 0.6) is 5.75 Å². The molecule has 4 aromatic rings. The first-order valence-electron chi connectivity index (χ1n) is 7.73. The minimum Gasteiger partial charge on any atom is -0.496 e. The summed E-state index contributed by atoms with van der Waals surface area (Å²) in [7, 11) is 1.66. The van der Waals surface area contributed by atoms with E-state index >= 15 is 0 Å². The van der Waals surface area contributed by atoms with Crippen LogP contribution < -0.4 is 4.74 Å². The Bertz CT molecular complexity index is 1000. The van der Waals surface area contributed by atoms with E-state index in [1.165, 1.54) is 0 Å². The van der Waals surface area contributed by atoms with Gasteiger partial charge in [0, 0.05) is 23.7 Å². The van der Waals surface area contributed by atoms with Crippen LogP contribution in [0.4, 0.5) is 0 Å². The molecule has 7 heteroatoms. The van der Waals surface area contributed by atoms with Crippen LogP contribution in [-0.2, 0) is 5.75 Å². The molecule has 3 aromatic heterocycles. The van der Waals surface area contributed by atoms with Crippen molar-refractivity contribution in [2.45, 2.75) is 10.9 Å². The molecule has 124 valence electrons. The molecule has 0 bridgehead atoms. The van der Waals surface area contributed by atoms with Crippen LogP contribution in [0.1, 0.15) is 5.56 Å². The molecule has 0 saturated carbocycles. The minimum absolute atomic E-state index is 0.715. The summed E-state index contributed by atoms with van der Waals surface area (Å²) in [5, 5.41) is 13.9. The second kappa shape index (κ2) is 6.90. The molecule has 6 nitrogen and oxygen atoms in total. The van der Waals surface area contributed by atoms with Gasteiger partial charge in [-0.15, -0.1) is 10.2 Å². The van der Waals surface area contributed by atoms with Crippen LogP contribution in [0.3, 0.4) is 0 Å². The summed E-state index contributed by atoms with van der Waals surface area (Å²) >= 11 is 1.58. The van der Waals surface area contributed by atoms with Crippen molar-refractivity contribution in [3.05, 3.63) is 66.5 Å². The van der Waals surface area contributed by atoms with Gasteiger partial charge in [0.1, 0.15) is 5.75 Å². The number of fused-ring (bicyclic) bond motifs is 1. The molecular weight excluding hydrogens is 334 g/mol. The van der Waals surface area contributed by atoms with Crippen LogP contribution in [-0.4, -0.2) is 31.9 Å². The predicted molar refractivity (Wildman–Crippen MR) is 96.6 cm³/mol. The summed E-state index contributed by atoms with van der Waals surface area (Å²) in [5.41, 5.74) is 3.59. The number of rotatable bonds is 5. The van der Waals surface area contributed by atoms with Gasteiger partial charge in [-0.1, -0.05) is 30.0 Å². The smallest absolute Gasteiger partial charge is 0.212 e. The first kappa shape index (κ1) is 15.6. The van der Waals surface area contributed by atoms with E-state index in [4.69, 9.17) is 9.84 Å². The Hall–Kier alpha value is -2.93. The maximum absolute atomic E-state index is 5.44. The number of nitrogens with zero attached hydrogens (tertiary/aromatic N) is 5. The highest BCUT2D eigenvalue weighted by Crippen LogP contribution is 2.29. The van der Waals surface area contributed by atoms with Crippen LogP contribution in [0.25, 0.3) is 16.9 Å². The summed E-state index contributed by atoms with van der Waals surface area (Å²) in [6.07, 6.45) is 3.62. The summed E-state index contributed by atoms with van der Waals surface area (Å²) in [5.74, 6) is 1.54. The minimum atomic E-state index is 0.715. The molecule has 4 rings (SSSR count). The molecule has 0 unspecified atom stereocenters. The summed E-state index contributed by atoms with van der Waals surface area (Å²) in [6, 6.07) is 15.6. The lowest BCUT2D eigenvalue weighted by atomic mass is 10.1. The fourth-order valence-corrected chi connectivity index (χ4v) is 3.31. The predicted octanol–water partition coefficient (Wildman–Crippen LogP) is 3.49. The monoisotopic (exact) mass is 349 g/mol. The molecule has 0 fully saturated rings. The highest BCUT2D eigenvalue weighted by Gasteiger charge is 2.12. The Morgan fingerprint density at radius 3 is 2.80 bits per heavy atom. The zero-order chi connectivity index (χ0) is 17.1. The van der Waals surface area contributed by atoms with E-state index < -0.39 is 0 Å². The van der Waals surface area contributed by atoms with Gasteiger partial charge in [-0.3, -0.25) is 4.98 Å². The standard InChI is InChI=1S/C18H15N5OS/c1-24-16-7-3-2-6-14(16)15-8-9-17-20-21-18(23(17)22-15)25-12-13-5-4-10-19-11-13/h2-11H,12H2,1H3. The van der Waals surface area contributed by atoms with Gasteiger partial charge < -0.3 is 4.74 Å². The zero-order valence-electron chi connectivity index (χ0n) is 13.5. The second-order valence-corrected chi connectivity index (χ2v) is 6.26. The number of aromatic nitrogens is 5. The van der Waals surface area contributed by atoms with Crippen molar-refractivity contribution in [2.24, 2.45) is 0 Å². The van der Waals surface area contributed by atoms with Gasteiger partial charge in [0.15, 0.2) is 5.65 Å². The highest BCUT2D eigenvalue weighted by molar-refractivity contribution is 7.98. The van der Waals surface area contributed by atoms with Crippen molar-refractivity contribution in [1.82, 2.24) is 24.8 Å². The Kier molecular flexibility index (Phi) is 4.30.